The van der Waals surface area contributed by atoms with Gasteiger partial charge in [-0.15, -0.1) is 0 Å². The Kier molecular flexibility index (Phi) is 6.48. The van der Waals surface area contributed by atoms with Crippen molar-refractivity contribution in [1.29, 1.82) is 0 Å². The molecule has 0 bridgehead atoms. The van der Waals surface area contributed by atoms with Gasteiger partial charge in [0.05, 0.1) is 21.3 Å². The number of hydrogen-bond acceptors (Lipinski definition) is 6. The van der Waals surface area contributed by atoms with E-state index >= 15 is 0 Å². The normalized spacial score (nSPS) is 14.8. The third-order valence-corrected chi connectivity index (χ3v) is 5.06. The largest absolute Gasteiger partial charge is 0.493 e. The maximum Gasteiger partial charge on any atom is 0.296 e. The zero-order chi connectivity index (χ0) is 22.7. The van der Waals surface area contributed by atoms with Crippen LogP contribution >= 0.6 is 0 Å². The van der Waals surface area contributed by atoms with Crippen LogP contribution in [0.4, 0.5) is 0 Å². The third kappa shape index (κ3) is 4.19. The lowest BCUT2D eigenvalue weighted by Crippen LogP contribution is -2.44. The molecule has 0 aliphatic carbocycles. The zero-order valence-corrected chi connectivity index (χ0v) is 18.2. The molecule has 1 N–H and O–H groups in total. The van der Waals surface area contributed by atoms with Crippen molar-refractivity contribution in [2.24, 2.45) is 0 Å². The van der Waals surface area contributed by atoms with Crippen molar-refractivity contribution in [3.05, 3.63) is 53.1 Å². The number of amides is 2. The van der Waals surface area contributed by atoms with Gasteiger partial charge in [0.2, 0.25) is 11.7 Å². The van der Waals surface area contributed by atoms with E-state index in [0.717, 1.165) is 5.56 Å². The Balaban J connectivity index is 1.98. The minimum absolute atomic E-state index is 0.0819. The van der Waals surface area contributed by atoms with Crippen molar-refractivity contribution < 1.29 is 28.6 Å². The molecular weight excluding hydrogens is 400 g/mol. The number of nitrogens with zero attached hydrogens (tertiary/aromatic N) is 1. The molecule has 8 nitrogen and oxygen atoms in total. The Bertz CT molecular complexity index is 992. The molecule has 31 heavy (non-hydrogen) atoms. The molecule has 164 valence electrons. The van der Waals surface area contributed by atoms with Crippen molar-refractivity contribution in [1.82, 2.24) is 10.2 Å². The van der Waals surface area contributed by atoms with E-state index in [-0.39, 0.29) is 35.6 Å². The Labute approximate surface area is 181 Å². The average molecular weight is 426 g/mol. The van der Waals surface area contributed by atoms with Gasteiger partial charge in [-0.3, -0.25) is 14.4 Å². The highest BCUT2D eigenvalue weighted by molar-refractivity contribution is 6.43. The highest BCUT2D eigenvalue weighted by Crippen LogP contribution is 2.39. The number of hydrogen-bond donors (Lipinski definition) is 1. The molecule has 2 amide bonds. The minimum atomic E-state index is -0.878. The van der Waals surface area contributed by atoms with Gasteiger partial charge in [0.25, 0.3) is 11.7 Å². The van der Waals surface area contributed by atoms with E-state index in [0.29, 0.717) is 11.3 Å². The monoisotopic (exact) mass is 426 g/mol. The third-order valence-electron chi connectivity index (χ3n) is 5.06. The van der Waals surface area contributed by atoms with Crippen LogP contribution in [-0.4, -0.2) is 49.9 Å². The van der Waals surface area contributed by atoms with Crippen LogP contribution in [0.15, 0.2) is 36.4 Å². The van der Waals surface area contributed by atoms with E-state index in [1.54, 1.807) is 6.07 Å². The maximum atomic E-state index is 13.3. The fraction of sp³-hybridized carbons (Fsp3) is 0.348. The summed E-state index contributed by atoms with van der Waals surface area (Å²) in [6.07, 6.45) is 0. The van der Waals surface area contributed by atoms with Gasteiger partial charge in [0, 0.05) is 18.2 Å². The van der Waals surface area contributed by atoms with Crippen molar-refractivity contribution in [2.45, 2.75) is 32.5 Å². The van der Waals surface area contributed by atoms with Gasteiger partial charge in [-0.25, -0.2) is 0 Å². The first-order chi connectivity index (χ1) is 14.8. The van der Waals surface area contributed by atoms with Gasteiger partial charge in [0.15, 0.2) is 11.5 Å². The van der Waals surface area contributed by atoms with Gasteiger partial charge in [-0.1, -0.05) is 24.3 Å². The molecule has 2 aromatic rings. The van der Waals surface area contributed by atoms with E-state index in [1.165, 1.54) is 38.4 Å². The fourth-order valence-electron chi connectivity index (χ4n) is 3.69. The van der Waals surface area contributed by atoms with Gasteiger partial charge in [0.1, 0.15) is 6.04 Å². The Morgan fingerprint density at radius 1 is 1.00 bits per heavy atom. The van der Waals surface area contributed by atoms with E-state index in [9.17, 15) is 14.4 Å². The molecule has 1 heterocycles. The molecule has 8 heteroatoms. The molecule has 0 saturated carbocycles. The second-order valence-corrected chi connectivity index (χ2v) is 7.44. The molecule has 1 atom stereocenters. The van der Waals surface area contributed by atoms with Crippen LogP contribution in [0.25, 0.3) is 0 Å². The average Bonchev–Trinajstić information content (AvgIpc) is 3.16. The van der Waals surface area contributed by atoms with E-state index in [4.69, 9.17) is 14.2 Å². The SMILES string of the molecule is COc1cc(C(=O)C(=O)N2Cc3ccccc3C2C(=O)NC(C)C)cc(OC)c1OC. The van der Waals surface area contributed by atoms with Crippen LogP contribution in [0.5, 0.6) is 17.2 Å². The molecule has 0 aromatic heterocycles. The van der Waals surface area contributed by atoms with Crippen molar-refractivity contribution in [2.75, 3.05) is 21.3 Å². The first kappa shape index (κ1) is 22.1. The Morgan fingerprint density at radius 3 is 2.16 bits per heavy atom. The Morgan fingerprint density at radius 2 is 1.61 bits per heavy atom. The van der Waals surface area contributed by atoms with Gasteiger partial charge in [-0.2, -0.15) is 0 Å². The van der Waals surface area contributed by atoms with Gasteiger partial charge >= 0.3 is 0 Å². The number of benzene rings is 2. The van der Waals surface area contributed by atoms with E-state index in [1.807, 2.05) is 32.0 Å². The number of ether oxygens (including phenoxy) is 3. The minimum Gasteiger partial charge on any atom is -0.493 e. The summed E-state index contributed by atoms with van der Waals surface area (Å²) in [5.74, 6) is -1.04. The summed E-state index contributed by atoms with van der Waals surface area (Å²) in [5.41, 5.74) is 1.63. The van der Waals surface area contributed by atoms with Crippen molar-refractivity contribution in [3.8, 4) is 17.2 Å². The molecule has 1 unspecified atom stereocenters. The molecule has 0 saturated heterocycles. The summed E-state index contributed by atoms with van der Waals surface area (Å²) in [4.78, 5) is 40.6. The summed E-state index contributed by atoms with van der Waals surface area (Å²) < 4.78 is 15.8. The number of rotatable bonds is 7. The molecule has 0 spiro atoms. The predicted molar refractivity (Wildman–Crippen MR) is 113 cm³/mol. The summed E-state index contributed by atoms with van der Waals surface area (Å²) >= 11 is 0. The topological polar surface area (TPSA) is 94.2 Å². The molecular formula is C23H26N2O6. The van der Waals surface area contributed by atoms with E-state index in [2.05, 4.69) is 5.32 Å². The van der Waals surface area contributed by atoms with Crippen LogP contribution in [0.1, 0.15) is 41.4 Å². The van der Waals surface area contributed by atoms with Crippen molar-refractivity contribution in [3.63, 3.8) is 0 Å². The van der Waals surface area contributed by atoms with Crippen LogP contribution < -0.4 is 19.5 Å². The number of methoxy groups -OCH3 is 3. The number of carbonyl (C=O) groups is 3. The summed E-state index contributed by atoms with van der Waals surface area (Å²) in [7, 11) is 4.31. The van der Waals surface area contributed by atoms with Gasteiger partial charge in [-0.05, 0) is 37.1 Å². The number of fused-ring (bicyclic) bond motifs is 1. The summed E-state index contributed by atoms with van der Waals surface area (Å²) in [6.45, 7) is 3.85. The number of Topliss-reactive ketones (excluding diaryl/α,β-unsaturated/α-hetero) is 1. The van der Waals surface area contributed by atoms with Crippen LogP contribution in [-0.2, 0) is 16.1 Å². The van der Waals surface area contributed by atoms with Crippen LogP contribution in [0.3, 0.4) is 0 Å². The van der Waals surface area contributed by atoms with Gasteiger partial charge < -0.3 is 24.4 Å². The van der Waals surface area contributed by atoms with Crippen molar-refractivity contribution >= 4 is 17.6 Å². The highest BCUT2D eigenvalue weighted by atomic mass is 16.5. The standard InChI is InChI=1S/C23H26N2O6/c1-13(2)24-22(27)19-16-9-7-6-8-14(16)12-25(19)23(28)20(26)15-10-17(29-3)21(31-5)18(11-15)30-4/h6-11,13,19H,12H2,1-5H3,(H,24,27). The smallest absolute Gasteiger partial charge is 0.296 e. The second-order valence-electron chi connectivity index (χ2n) is 7.44. The molecule has 1 aliphatic rings. The molecule has 2 aromatic carbocycles. The lowest BCUT2D eigenvalue weighted by Gasteiger charge is -2.25. The second kappa shape index (κ2) is 9.07. The quantitative estimate of drug-likeness (QED) is 0.540. The lowest BCUT2D eigenvalue weighted by molar-refractivity contribution is -0.137. The predicted octanol–water partition coefficient (Wildman–Crippen LogP) is 2.50. The lowest BCUT2D eigenvalue weighted by atomic mass is 10.0. The summed E-state index contributed by atoms with van der Waals surface area (Å²) in [5, 5.41) is 2.84. The first-order valence-electron chi connectivity index (χ1n) is 9.85. The number of nitrogens with one attached hydrogen (secondary N) is 1. The molecule has 1 aliphatic heterocycles. The molecule has 0 fully saturated rings. The van der Waals surface area contributed by atoms with E-state index < -0.39 is 17.7 Å². The summed E-state index contributed by atoms with van der Waals surface area (Å²) in [6, 6.07) is 9.16. The number of carbonyl (C=O) groups excluding carboxylic acids is 3. The number of ketones is 1. The van der Waals surface area contributed by atoms with Crippen LogP contribution in [0.2, 0.25) is 0 Å². The molecule has 0 radical (unpaired) electrons. The highest BCUT2D eigenvalue weighted by Gasteiger charge is 2.41. The first-order valence-corrected chi connectivity index (χ1v) is 9.85. The maximum absolute atomic E-state index is 13.3. The Hall–Kier alpha value is -3.55. The zero-order valence-electron chi connectivity index (χ0n) is 18.2. The van der Waals surface area contributed by atoms with Crippen LogP contribution in [0, 0.1) is 0 Å². The fourth-order valence-corrected chi connectivity index (χ4v) is 3.69. The molecule has 3 rings (SSSR count).